The van der Waals surface area contributed by atoms with Gasteiger partial charge in [-0.2, -0.15) is 19.6 Å². The molecule has 7 nitrogen and oxygen atoms in total. The first kappa shape index (κ1) is 19.5. The number of aryl methyl sites for hydroxylation is 1. The van der Waals surface area contributed by atoms with Crippen LogP contribution >= 0.6 is 0 Å². The number of benzene rings is 1. The minimum Gasteiger partial charge on any atom is -0.351 e. The number of anilines is 2. The molecule has 3 heterocycles. The summed E-state index contributed by atoms with van der Waals surface area (Å²) in [5, 5.41) is 11.5. The van der Waals surface area contributed by atoms with Crippen LogP contribution in [0.5, 0.6) is 0 Å². The van der Waals surface area contributed by atoms with E-state index < -0.39 is 0 Å². The molecule has 0 unspecified atom stereocenters. The summed E-state index contributed by atoms with van der Waals surface area (Å²) in [4.78, 5) is 13.9. The van der Waals surface area contributed by atoms with E-state index in [0.29, 0.717) is 24.5 Å². The van der Waals surface area contributed by atoms with E-state index in [9.17, 15) is 0 Å². The molecule has 5 rings (SSSR count). The fraction of sp³-hybridized carbons (Fsp3) is 0.333. The maximum absolute atomic E-state index is 4.75. The monoisotopic (exact) mass is 413 g/mol. The van der Waals surface area contributed by atoms with Crippen LogP contribution in [0, 0.1) is 6.92 Å². The molecule has 0 atom stereocenters. The lowest BCUT2D eigenvalue weighted by atomic mass is 9.96. The third kappa shape index (κ3) is 4.35. The number of nitrogens with one attached hydrogen (secondary N) is 2. The summed E-state index contributed by atoms with van der Waals surface area (Å²) >= 11 is 0. The third-order valence-corrected chi connectivity index (χ3v) is 5.85. The largest absolute Gasteiger partial charge is 0.351 e. The summed E-state index contributed by atoms with van der Waals surface area (Å²) in [5.74, 6) is 1.38. The van der Waals surface area contributed by atoms with Gasteiger partial charge in [0.25, 0.3) is 0 Å². The van der Waals surface area contributed by atoms with Gasteiger partial charge in [0.15, 0.2) is 5.65 Å². The number of hydrogen-bond acceptors (Lipinski definition) is 6. The standard InChI is InChI=1S/C24H27N7/c1-17-15-27-31-22(17)29-23(28-20-7-3-2-4-8-20)30-24(31)26-16-18-10-12-19(13-11-18)21-9-5-6-14-25-21/h5-6,9-15,20H,2-4,7-8,16H2,1H3,(H2,26,28,29,30). The predicted molar refractivity (Wildman–Crippen MR) is 123 cm³/mol. The molecule has 1 aliphatic carbocycles. The molecule has 0 bridgehead atoms. The second-order valence-electron chi connectivity index (χ2n) is 8.18. The van der Waals surface area contributed by atoms with Crippen molar-refractivity contribution in [2.75, 3.05) is 10.6 Å². The van der Waals surface area contributed by atoms with Crippen molar-refractivity contribution in [3.63, 3.8) is 0 Å². The van der Waals surface area contributed by atoms with Gasteiger partial charge in [-0.3, -0.25) is 4.98 Å². The summed E-state index contributed by atoms with van der Waals surface area (Å²) in [6.07, 6.45) is 9.87. The highest BCUT2D eigenvalue weighted by atomic mass is 15.4. The number of fused-ring (bicyclic) bond motifs is 1. The van der Waals surface area contributed by atoms with E-state index in [2.05, 4.69) is 45.0 Å². The van der Waals surface area contributed by atoms with Crippen molar-refractivity contribution in [3.8, 4) is 11.3 Å². The SMILES string of the molecule is Cc1cnn2c(NCc3ccc(-c4ccccn4)cc3)nc(NC3CCCCC3)nc12. The quantitative estimate of drug-likeness (QED) is 0.470. The van der Waals surface area contributed by atoms with E-state index >= 15 is 0 Å². The highest BCUT2D eigenvalue weighted by molar-refractivity contribution is 5.59. The van der Waals surface area contributed by atoms with Gasteiger partial charge in [-0.1, -0.05) is 49.6 Å². The van der Waals surface area contributed by atoms with Gasteiger partial charge in [0.1, 0.15) is 0 Å². The minimum atomic E-state index is 0.450. The van der Waals surface area contributed by atoms with Crippen LogP contribution in [0.25, 0.3) is 16.9 Å². The Morgan fingerprint density at radius 3 is 2.61 bits per heavy atom. The van der Waals surface area contributed by atoms with Crippen LogP contribution in [0.1, 0.15) is 43.2 Å². The van der Waals surface area contributed by atoms with Crippen molar-refractivity contribution in [2.45, 2.75) is 51.6 Å². The van der Waals surface area contributed by atoms with Crippen LogP contribution in [0.3, 0.4) is 0 Å². The van der Waals surface area contributed by atoms with E-state index in [1.165, 1.54) is 32.1 Å². The lowest BCUT2D eigenvalue weighted by molar-refractivity contribution is 0.461. The molecule has 1 saturated carbocycles. The highest BCUT2D eigenvalue weighted by Gasteiger charge is 2.17. The summed E-state index contributed by atoms with van der Waals surface area (Å²) in [5.41, 5.74) is 5.12. The topological polar surface area (TPSA) is 80.0 Å². The molecule has 0 radical (unpaired) electrons. The minimum absolute atomic E-state index is 0.450. The zero-order valence-corrected chi connectivity index (χ0v) is 17.8. The van der Waals surface area contributed by atoms with E-state index in [-0.39, 0.29) is 0 Å². The van der Waals surface area contributed by atoms with Gasteiger partial charge in [-0.25, -0.2) is 0 Å². The molecule has 0 spiro atoms. The van der Waals surface area contributed by atoms with Gasteiger partial charge >= 0.3 is 0 Å². The summed E-state index contributed by atoms with van der Waals surface area (Å²) < 4.78 is 1.78. The Labute approximate surface area is 182 Å². The van der Waals surface area contributed by atoms with Crippen LogP contribution in [-0.2, 0) is 6.54 Å². The fourth-order valence-corrected chi connectivity index (χ4v) is 4.10. The Kier molecular flexibility index (Phi) is 5.48. The van der Waals surface area contributed by atoms with E-state index in [0.717, 1.165) is 28.0 Å². The first-order chi connectivity index (χ1) is 15.3. The molecule has 1 aromatic carbocycles. The highest BCUT2D eigenvalue weighted by Crippen LogP contribution is 2.22. The van der Waals surface area contributed by atoms with Gasteiger partial charge in [-0.05, 0) is 37.5 Å². The molecule has 158 valence electrons. The molecule has 0 aliphatic heterocycles. The maximum atomic E-state index is 4.75. The van der Waals surface area contributed by atoms with Crippen LogP contribution in [-0.4, -0.2) is 30.6 Å². The molecular formula is C24H27N7. The molecule has 31 heavy (non-hydrogen) atoms. The van der Waals surface area contributed by atoms with Gasteiger partial charge in [0.2, 0.25) is 11.9 Å². The molecule has 2 N–H and O–H groups in total. The fourth-order valence-electron chi connectivity index (χ4n) is 4.10. The second kappa shape index (κ2) is 8.71. The van der Waals surface area contributed by atoms with Crippen molar-refractivity contribution in [2.24, 2.45) is 0 Å². The maximum Gasteiger partial charge on any atom is 0.229 e. The van der Waals surface area contributed by atoms with Crippen LogP contribution in [0.4, 0.5) is 11.9 Å². The average molecular weight is 414 g/mol. The molecule has 0 amide bonds. The smallest absolute Gasteiger partial charge is 0.229 e. The van der Waals surface area contributed by atoms with Crippen LogP contribution in [0.2, 0.25) is 0 Å². The number of rotatable bonds is 6. The van der Waals surface area contributed by atoms with Gasteiger partial charge < -0.3 is 10.6 Å². The van der Waals surface area contributed by atoms with Crippen molar-refractivity contribution in [3.05, 3.63) is 66.0 Å². The first-order valence-electron chi connectivity index (χ1n) is 11.0. The Morgan fingerprint density at radius 1 is 1.00 bits per heavy atom. The van der Waals surface area contributed by atoms with Crippen molar-refractivity contribution >= 4 is 17.5 Å². The lowest BCUT2D eigenvalue weighted by Crippen LogP contribution is -2.24. The van der Waals surface area contributed by atoms with E-state index in [1.807, 2.05) is 37.5 Å². The molecule has 7 heteroatoms. The summed E-state index contributed by atoms with van der Waals surface area (Å²) in [7, 11) is 0. The lowest BCUT2D eigenvalue weighted by Gasteiger charge is -2.23. The molecule has 3 aromatic heterocycles. The molecular weight excluding hydrogens is 386 g/mol. The van der Waals surface area contributed by atoms with Crippen molar-refractivity contribution < 1.29 is 0 Å². The van der Waals surface area contributed by atoms with E-state index in [1.54, 1.807) is 4.52 Å². The normalized spacial score (nSPS) is 14.6. The average Bonchev–Trinajstić information content (AvgIpc) is 3.20. The first-order valence-corrected chi connectivity index (χ1v) is 11.0. The van der Waals surface area contributed by atoms with Gasteiger partial charge in [-0.15, -0.1) is 0 Å². The number of hydrogen-bond donors (Lipinski definition) is 2. The third-order valence-electron chi connectivity index (χ3n) is 5.85. The van der Waals surface area contributed by atoms with Crippen LogP contribution in [0.15, 0.2) is 54.9 Å². The van der Waals surface area contributed by atoms with Crippen LogP contribution < -0.4 is 10.6 Å². The number of pyridine rings is 1. The zero-order chi connectivity index (χ0) is 21.0. The van der Waals surface area contributed by atoms with Gasteiger partial charge in [0.05, 0.1) is 11.9 Å². The van der Waals surface area contributed by atoms with Crippen molar-refractivity contribution in [1.82, 2.24) is 24.6 Å². The molecule has 1 fully saturated rings. The number of aromatic nitrogens is 5. The zero-order valence-electron chi connectivity index (χ0n) is 17.8. The Bertz CT molecular complexity index is 1150. The Hall–Kier alpha value is -3.48. The molecule has 1 aliphatic rings. The summed E-state index contributed by atoms with van der Waals surface area (Å²) in [6.45, 7) is 2.68. The second-order valence-corrected chi connectivity index (χ2v) is 8.18. The van der Waals surface area contributed by atoms with Crippen molar-refractivity contribution in [1.29, 1.82) is 0 Å². The Morgan fingerprint density at radius 2 is 1.84 bits per heavy atom. The molecule has 0 saturated heterocycles. The molecule has 4 aromatic rings. The predicted octanol–water partition coefficient (Wildman–Crippen LogP) is 4.85. The Balaban J connectivity index is 1.34. The van der Waals surface area contributed by atoms with Gasteiger partial charge in [0, 0.05) is 29.9 Å². The number of nitrogens with zero attached hydrogens (tertiary/aromatic N) is 5. The summed E-state index contributed by atoms with van der Waals surface area (Å²) in [6, 6.07) is 14.8. The van der Waals surface area contributed by atoms with E-state index in [4.69, 9.17) is 9.97 Å².